The Bertz CT molecular complexity index is 692. The number of rotatable bonds is 2. The molecule has 1 aliphatic heterocycles. The number of amides is 2. The Kier molecular flexibility index (Phi) is 4.13. The van der Waals surface area contributed by atoms with Gasteiger partial charge in [0, 0.05) is 49.7 Å². The fraction of sp³-hybridized carbons (Fsp3) is 0.412. The highest BCUT2D eigenvalue weighted by Gasteiger charge is 2.23. The number of carbonyl (C=O) groups excluding carboxylic acids is 2. The number of fused-ring (bicyclic) bond motifs is 1. The zero-order chi connectivity index (χ0) is 15.5. The molecular weight excluding hydrogens is 278 g/mol. The molecule has 2 aromatic rings. The van der Waals surface area contributed by atoms with Crippen molar-refractivity contribution in [2.75, 3.05) is 26.2 Å². The van der Waals surface area contributed by atoms with Gasteiger partial charge < -0.3 is 14.8 Å². The van der Waals surface area contributed by atoms with Crippen LogP contribution in [-0.2, 0) is 4.79 Å². The Labute approximate surface area is 129 Å². The van der Waals surface area contributed by atoms with Gasteiger partial charge in [0.25, 0.3) is 5.91 Å². The number of H-pyrrole nitrogens is 1. The van der Waals surface area contributed by atoms with Crippen LogP contribution in [0.15, 0.2) is 30.5 Å². The molecule has 2 heterocycles. The number of aromatic nitrogens is 1. The first kappa shape index (κ1) is 14.6. The summed E-state index contributed by atoms with van der Waals surface area (Å²) >= 11 is 0. The number of nitrogens with one attached hydrogen (secondary N) is 1. The van der Waals surface area contributed by atoms with Crippen LogP contribution < -0.4 is 0 Å². The lowest BCUT2D eigenvalue weighted by Gasteiger charge is -2.21. The second kappa shape index (κ2) is 6.22. The maximum absolute atomic E-state index is 12.8. The molecule has 1 aliphatic rings. The van der Waals surface area contributed by atoms with Crippen LogP contribution in [0.2, 0.25) is 0 Å². The van der Waals surface area contributed by atoms with Crippen molar-refractivity contribution in [1.29, 1.82) is 0 Å². The summed E-state index contributed by atoms with van der Waals surface area (Å²) in [5.74, 6) is 0.213. The Balaban J connectivity index is 1.76. The third kappa shape index (κ3) is 2.71. The highest BCUT2D eigenvalue weighted by molar-refractivity contribution is 6.06. The fourth-order valence-electron chi connectivity index (χ4n) is 3.01. The van der Waals surface area contributed by atoms with E-state index in [-0.39, 0.29) is 11.8 Å². The van der Waals surface area contributed by atoms with Crippen molar-refractivity contribution in [2.45, 2.75) is 19.8 Å². The SMILES string of the molecule is CCC(=O)N1CCCN(C(=O)c2c[nH]c3ccccc23)CC1. The lowest BCUT2D eigenvalue weighted by Crippen LogP contribution is -2.37. The Morgan fingerprint density at radius 3 is 2.64 bits per heavy atom. The van der Waals surface area contributed by atoms with Gasteiger partial charge in [0.1, 0.15) is 0 Å². The topological polar surface area (TPSA) is 56.4 Å². The second-order valence-corrected chi connectivity index (χ2v) is 5.63. The van der Waals surface area contributed by atoms with Gasteiger partial charge in [-0.3, -0.25) is 9.59 Å². The lowest BCUT2D eigenvalue weighted by molar-refractivity contribution is -0.130. The summed E-state index contributed by atoms with van der Waals surface area (Å²) in [6.07, 6.45) is 3.14. The van der Waals surface area contributed by atoms with E-state index in [0.29, 0.717) is 31.6 Å². The number of nitrogens with zero attached hydrogens (tertiary/aromatic N) is 2. The predicted octanol–water partition coefficient (Wildman–Crippen LogP) is 2.25. The van der Waals surface area contributed by atoms with Crippen molar-refractivity contribution in [1.82, 2.24) is 14.8 Å². The van der Waals surface area contributed by atoms with E-state index in [4.69, 9.17) is 0 Å². The average molecular weight is 299 g/mol. The molecule has 22 heavy (non-hydrogen) atoms. The zero-order valence-corrected chi connectivity index (χ0v) is 12.8. The van der Waals surface area contributed by atoms with E-state index in [1.807, 2.05) is 41.0 Å². The van der Waals surface area contributed by atoms with E-state index in [1.165, 1.54) is 0 Å². The molecule has 116 valence electrons. The van der Waals surface area contributed by atoms with Crippen LogP contribution in [0, 0.1) is 0 Å². The Hall–Kier alpha value is -2.30. The van der Waals surface area contributed by atoms with E-state index in [1.54, 1.807) is 6.20 Å². The molecule has 5 heteroatoms. The number of carbonyl (C=O) groups is 2. The lowest BCUT2D eigenvalue weighted by atomic mass is 10.1. The number of para-hydroxylation sites is 1. The molecule has 3 rings (SSSR count). The molecule has 1 fully saturated rings. The molecule has 1 saturated heterocycles. The van der Waals surface area contributed by atoms with Gasteiger partial charge in [-0.05, 0) is 12.5 Å². The summed E-state index contributed by atoms with van der Waals surface area (Å²) in [6.45, 7) is 4.54. The van der Waals surface area contributed by atoms with Crippen LogP contribution in [0.4, 0.5) is 0 Å². The van der Waals surface area contributed by atoms with Crippen molar-refractivity contribution in [2.24, 2.45) is 0 Å². The molecule has 0 aliphatic carbocycles. The van der Waals surface area contributed by atoms with Crippen molar-refractivity contribution in [3.05, 3.63) is 36.0 Å². The maximum Gasteiger partial charge on any atom is 0.256 e. The van der Waals surface area contributed by atoms with Crippen LogP contribution in [0.5, 0.6) is 0 Å². The molecule has 0 radical (unpaired) electrons. The third-order valence-corrected chi connectivity index (χ3v) is 4.26. The molecule has 5 nitrogen and oxygen atoms in total. The van der Waals surface area contributed by atoms with E-state index in [2.05, 4.69) is 4.98 Å². The molecule has 1 aromatic carbocycles. The van der Waals surface area contributed by atoms with E-state index in [9.17, 15) is 9.59 Å². The molecule has 2 amide bonds. The summed E-state index contributed by atoms with van der Waals surface area (Å²) in [5.41, 5.74) is 1.69. The minimum absolute atomic E-state index is 0.0447. The van der Waals surface area contributed by atoms with Crippen molar-refractivity contribution in [3.8, 4) is 0 Å². The van der Waals surface area contributed by atoms with Gasteiger partial charge in [0.15, 0.2) is 0 Å². The van der Waals surface area contributed by atoms with Gasteiger partial charge in [0.2, 0.25) is 5.91 Å². The van der Waals surface area contributed by atoms with Crippen LogP contribution in [0.1, 0.15) is 30.1 Å². The molecule has 1 aromatic heterocycles. The number of hydrogen-bond donors (Lipinski definition) is 1. The molecule has 0 saturated carbocycles. The molecule has 1 N–H and O–H groups in total. The third-order valence-electron chi connectivity index (χ3n) is 4.26. The number of hydrogen-bond acceptors (Lipinski definition) is 2. The smallest absolute Gasteiger partial charge is 0.256 e. The van der Waals surface area contributed by atoms with Crippen LogP contribution in [0.3, 0.4) is 0 Å². The van der Waals surface area contributed by atoms with Crippen molar-refractivity contribution in [3.63, 3.8) is 0 Å². The quantitative estimate of drug-likeness (QED) is 0.924. The molecular formula is C17H21N3O2. The summed E-state index contributed by atoms with van der Waals surface area (Å²) in [7, 11) is 0. The van der Waals surface area contributed by atoms with Gasteiger partial charge in [-0.2, -0.15) is 0 Å². The van der Waals surface area contributed by atoms with E-state index >= 15 is 0 Å². The van der Waals surface area contributed by atoms with E-state index in [0.717, 1.165) is 23.9 Å². The second-order valence-electron chi connectivity index (χ2n) is 5.63. The van der Waals surface area contributed by atoms with E-state index < -0.39 is 0 Å². The minimum Gasteiger partial charge on any atom is -0.360 e. The maximum atomic E-state index is 12.8. The zero-order valence-electron chi connectivity index (χ0n) is 12.8. The van der Waals surface area contributed by atoms with Gasteiger partial charge in [-0.25, -0.2) is 0 Å². The molecule has 0 bridgehead atoms. The number of benzene rings is 1. The van der Waals surface area contributed by atoms with Gasteiger partial charge >= 0.3 is 0 Å². The first-order valence-electron chi connectivity index (χ1n) is 7.84. The van der Waals surface area contributed by atoms with Gasteiger partial charge in [-0.15, -0.1) is 0 Å². The van der Waals surface area contributed by atoms with Gasteiger partial charge in [0.05, 0.1) is 5.56 Å². The Morgan fingerprint density at radius 2 is 1.82 bits per heavy atom. The summed E-state index contributed by atoms with van der Waals surface area (Å²) in [6, 6.07) is 7.82. The van der Waals surface area contributed by atoms with Crippen LogP contribution >= 0.6 is 0 Å². The Morgan fingerprint density at radius 1 is 1.09 bits per heavy atom. The van der Waals surface area contributed by atoms with Crippen LogP contribution in [0.25, 0.3) is 10.9 Å². The van der Waals surface area contributed by atoms with Crippen LogP contribution in [-0.4, -0.2) is 52.8 Å². The largest absolute Gasteiger partial charge is 0.360 e. The monoisotopic (exact) mass is 299 g/mol. The summed E-state index contributed by atoms with van der Waals surface area (Å²) in [5, 5.41) is 0.957. The molecule has 0 spiro atoms. The predicted molar refractivity (Wildman–Crippen MR) is 85.7 cm³/mol. The average Bonchev–Trinajstić information content (AvgIpc) is 2.82. The normalized spacial score (nSPS) is 15.9. The summed E-state index contributed by atoms with van der Waals surface area (Å²) < 4.78 is 0. The first-order valence-corrected chi connectivity index (χ1v) is 7.84. The summed E-state index contributed by atoms with van der Waals surface area (Å²) in [4.78, 5) is 31.5. The molecule has 0 unspecified atom stereocenters. The minimum atomic E-state index is 0.0447. The molecule has 0 atom stereocenters. The first-order chi connectivity index (χ1) is 10.7. The fourth-order valence-corrected chi connectivity index (χ4v) is 3.01. The van der Waals surface area contributed by atoms with Crippen molar-refractivity contribution < 1.29 is 9.59 Å². The highest BCUT2D eigenvalue weighted by atomic mass is 16.2. The standard InChI is InChI=1S/C17H21N3O2/c1-2-16(21)19-8-5-9-20(11-10-19)17(22)14-12-18-15-7-4-3-6-13(14)15/h3-4,6-7,12,18H,2,5,8-11H2,1H3. The highest BCUT2D eigenvalue weighted by Crippen LogP contribution is 2.20. The number of aromatic amines is 1. The van der Waals surface area contributed by atoms with Crippen molar-refractivity contribution >= 4 is 22.7 Å². The van der Waals surface area contributed by atoms with Gasteiger partial charge in [-0.1, -0.05) is 25.1 Å².